The number of hydrogen-bond acceptors (Lipinski definition) is 2. The van der Waals surface area contributed by atoms with Gasteiger partial charge < -0.3 is 10.1 Å². The van der Waals surface area contributed by atoms with E-state index in [1.54, 1.807) is 0 Å². The van der Waals surface area contributed by atoms with Crippen LogP contribution in [0.25, 0.3) is 0 Å². The highest BCUT2D eigenvalue weighted by Crippen LogP contribution is 2.40. The predicted octanol–water partition coefficient (Wildman–Crippen LogP) is 4.85. The Morgan fingerprint density at radius 1 is 1.14 bits per heavy atom. The summed E-state index contributed by atoms with van der Waals surface area (Å²) in [5, 5.41) is 3.93. The Bertz CT molecular complexity index is 474. The van der Waals surface area contributed by atoms with Gasteiger partial charge in [0.25, 0.3) is 0 Å². The molecule has 116 valence electrons. The second kappa shape index (κ2) is 6.00. The predicted molar refractivity (Wildman–Crippen MR) is 87.7 cm³/mol. The molecule has 1 fully saturated rings. The van der Waals surface area contributed by atoms with Gasteiger partial charge in [0.15, 0.2) is 0 Å². The van der Waals surface area contributed by atoms with Crippen molar-refractivity contribution in [2.75, 3.05) is 0 Å². The molecule has 1 saturated carbocycles. The van der Waals surface area contributed by atoms with Crippen molar-refractivity contribution < 1.29 is 4.74 Å². The molecule has 21 heavy (non-hydrogen) atoms. The van der Waals surface area contributed by atoms with Gasteiger partial charge in [-0.25, -0.2) is 0 Å². The quantitative estimate of drug-likeness (QED) is 0.858. The van der Waals surface area contributed by atoms with Crippen LogP contribution in [0.1, 0.15) is 70.9 Å². The summed E-state index contributed by atoms with van der Waals surface area (Å²) in [6, 6.07) is 9.65. The maximum absolute atomic E-state index is 6.13. The van der Waals surface area contributed by atoms with E-state index in [0.29, 0.717) is 12.1 Å². The Hall–Kier alpha value is -1.02. The highest BCUT2D eigenvalue weighted by atomic mass is 16.5. The Morgan fingerprint density at radius 2 is 1.86 bits per heavy atom. The van der Waals surface area contributed by atoms with Gasteiger partial charge in [0.05, 0.1) is 0 Å². The summed E-state index contributed by atoms with van der Waals surface area (Å²) in [7, 11) is 0. The van der Waals surface area contributed by atoms with E-state index in [1.165, 1.54) is 37.7 Å². The fraction of sp³-hybridized carbons (Fsp3) is 0.684. The molecular formula is C19H29NO. The summed E-state index contributed by atoms with van der Waals surface area (Å²) < 4.78 is 6.13. The van der Waals surface area contributed by atoms with Crippen molar-refractivity contribution in [2.45, 2.75) is 77.0 Å². The third kappa shape index (κ3) is 3.42. The van der Waals surface area contributed by atoms with E-state index in [2.05, 4.69) is 50.4 Å². The number of benzene rings is 1. The van der Waals surface area contributed by atoms with Gasteiger partial charge in [-0.1, -0.05) is 31.5 Å². The van der Waals surface area contributed by atoms with E-state index >= 15 is 0 Å². The van der Waals surface area contributed by atoms with E-state index in [4.69, 9.17) is 4.74 Å². The van der Waals surface area contributed by atoms with Gasteiger partial charge in [-0.2, -0.15) is 0 Å². The molecule has 2 heteroatoms. The van der Waals surface area contributed by atoms with Gasteiger partial charge in [-0.3, -0.25) is 0 Å². The fourth-order valence-electron chi connectivity index (χ4n) is 3.97. The Kier molecular flexibility index (Phi) is 4.26. The van der Waals surface area contributed by atoms with Gasteiger partial charge in [0, 0.05) is 24.1 Å². The molecule has 1 heterocycles. The van der Waals surface area contributed by atoms with E-state index in [0.717, 1.165) is 18.1 Å². The first-order valence-electron chi connectivity index (χ1n) is 8.61. The molecular weight excluding hydrogens is 258 g/mol. The second-order valence-electron chi connectivity index (χ2n) is 7.45. The third-order valence-corrected chi connectivity index (χ3v) is 5.24. The molecule has 1 aromatic carbocycles. The first kappa shape index (κ1) is 14.9. The number of para-hydroxylation sites is 1. The van der Waals surface area contributed by atoms with Crippen LogP contribution < -0.4 is 10.1 Å². The molecule has 1 unspecified atom stereocenters. The molecule has 1 aliphatic carbocycles. The van der Waals surface area contributed by atoms with E-state index in [-0.39, 0.29) is 5.60 Å². The van der Waals surface area contributed by atoms with E-state index < -0.39 is 0 Å². The summed E-state index contributed by atoms with van der Waals surface area (Å²) in [5.41, 5.74) is 1.27. The maximum atomic E-state index is 6.13. The third-order valence-electron chi connectivity index (χ3n) is 5.24. The van der Waals surface area contributed by atoms with Crippen LogP contribution in [0, 0.1) is 5.92 Å². The zero-order valence-corrected chi connectivity index (χ0v) is 13.7. The minimum absolute atomic E-state index is 0.0767. The first-order valence-corrected chi connectivity index (χ1v) is 8.61. The first-order chi connectivity index (χ1) is 10.1. The Morgan fingerprint density at radius 3 is 2.57 bits per heavy atom. The van der Waals surface area contributed by atoms with Gasteiger partial charge in [0.2, 0.25) is 0 Å². The molecule has 0 aromatic heterocycles. The standard InChI is InChI=1S/C19H29NO/c1-4-14-9-11-15(12-10-14)20-17-13-19(2,3)21-18-8-6-5-7-16(17)18/h5-8,14-15,17,20H,4,9-13H2,1-3H3. The minimum Gasteiger partial charge on any atom is -0.487 e. The van der Waals surface area contributed by atoms with E-state index in [9.17, 15) is 0 Å². The molecule has 2 aliphatic rings. The molecule has 0 saturated heterocycles. The maximum Gasteiger partial charge on any atom is 0.124 e. The van der Waals surface area contributed by atoms with Crippen LogP contribution in [0.3, 0.4) is 0 Å². The largest absolute Gasteiger partial charge is 0.487 e. The van der Waals surface area contributed by atoms with Crippen molar-refractivity contribution >= 4 is 0 Å². The molecule has 0 spiro atoms. The number of hydrogen-bond donors (Lipinski definition) is 1. The second-order valence-corrected chi connectivity index (χ2v) is 7.45. The van der Waals surface area contributed by atoms with Crippen molar-refractivity contribution in [2.24, 2.45) is 5.92 Å². The average Bonchev–Trinajstić information content (AvgIpc) is 2.47. The normalized spacial score (nSPS) is 31.3. The Balaban J connectivity index is 1.70. The summed E-state index contributed by atoms with van der Waals surface area (Å²) in [6.07, 6.45) is 7.85. The monoisotopic (exact) mass is 287 g/mol. The zero-order valence-electron chi connectivity index (χ0n) is 13.7. The number of nitrogens with one attached hydrogen (secondary N) is 1. The SMILES string of the molecule is CCC1CCC(NC2CC(C)(C)Oc3ccccc32)CC1. The van der Waals surface area contributed by atoms with E-state index in [1.807, 2.05) is 0 Å². The average molecular weight is 287 g/mol. The zero-order chi connectivity index (χ0) is 14.9. The fourth-order valence-corrected chi connectivity index (χ4v) is 3.97. The lowest BCUT2D eigenvalue weighted by Gasteiger charge is -2.40. The molecule has 1 atom stereocenters. The van der Waals surface area contributed by atoms with Gasteiger partial charge >= 0.3 is 0 Å². The smallest absolute Gasteiger partial charge is 0.124 e. The summed E-state index contributed by atoms with van der Waals surface area (Å²) in [6.45, 7) is 6.73. The van der Waals surface area contributed by atoms with Gasteiger partial charge in [-0.15, -0.1) is 0 Å². The lowest BCUT2D eigenvalue weighted by atomic mass is 9.83. The van der Waals surface area contributed by atoms with Crippen LogP contribution in [-0.2, 0) is 0 Å². The molecule has 1 aromatic rings. The molecule has 0 bridgehead atoms. The van der Waals surface area contributed by atoms with Crippen LogP contribution in [0.15, 0.2) is 24.3 Å². The highest BCUT2D eigenvalue weighted by molar-refractivity contribution is 5.38. The number of rotatable bonds is 3. The number of fused-ring (bicyclic) bond motifs is 1. The molecule has 0 radical (unpaired) electrons. The van der Waals surface area contributed by atoms with Crippen LogP contribution in [0.5, 0.6) is 5.75 Å². The van der Waals surface area contributed by atoms with Crippen molar-refractivity contribution in [1.82, 2.24) is 5.32 Å². The molecule has 1 N–H and O–H groups in total. The van der Waals surface area contributed by atoms with Crippen molar-refractivity contribution in [3.63, 3.8) is 0 Å². The van der Waals surface area contributed by atoms with Crippen LogP contribution in [0.4, 0.5) is 0 Å². The molecule has 1 aliphatic heterocycles. The van der Waals surface area contributed by atoms with Crippen LogP contribution in [-0.4, -0.2) is 11.6 Å². The van der Waals surface area contributed by atoms with Crippen molar-refractivity contribution in [3.8, 4) is 5.75 Å². The molecule has 2 nitrogen and oxygen atoms in total. The summed E-state index contributed by atoms with van der Waals surface area (Å²) in [5.74, 6) is 2.02. The minimum atomic E-state index is -0.0767. The summed E-state index contributed by atoms with van der Waals surface area (Å²) in [4.78, 5) is 0. The Labute approximate surface area is 129 Å². The number of ether oxygens (including phenoxy) is 1. The topological polar surface area (TPSA) is 21.3 Å². The lowest BCUT2D eigenvalue weighted by Crippen LogP contribution is -2.43. The van der Waals surface area contributed by atoms with Crippen LogP contribution in [0.2, 0.25) is 0 Å². The van der Waals surface area contributed by atoms with Crippen molar-refractivity contribution in [3.05, 3.63) is 29.8 Å². The molecule has 0 amide bonds. The van der Waals surface area contributed by atoms with Gasteiger partial charge in [0.1, 0.15) is 11.4 Å². The summed E-state index contributed by atoms with van der Waals surface area (Å²) >= 11 is 0. The van der Waals surface area contributed by atoms with Gasteiger partial charge in [-0.05, 0) is 51.5 Å². The highest BCUT2D eigenvalue weighted by Gasteiger charge is 2.34. The molecule has 3 rings (SSSR count). The van der Waals surface area contributed by atoms with Crippen molar-refractivity contribution in [1.29, 1.82) is 0 Å². The lowest BCUT2D eigenvalue weighted by molar-refractivity contribution is 0.0616. The van der Waals surface area contributed by atoms with Crippen LogP contribution >= 0.6 is 0 Å².